The molecular formula is C12H15ClFNO2. The highest BCUT2D eigenvalue weighted by Gasteiger charge is 2.11. The molecule has 0 spiro atoms. The molecule has 5 heteroatoms. The van der Waals surface area contributed by atoms with Gasteiger partial charge in [0.2, 0.25) is 5.91 Å². The van der Waals surface area contributed by atoms with E-state index in [2.05, 4.69) is 5.32 Å². The first-order valence-electron chi connectivity index (χ1n) is 5.35. The Balaban J connectivity index is 2.85. The van der Waals surface area contributed by atoms with Gasteiger partial charge in [0, 0.05) is 6.07 Å². The van der Waals surface area contributed by atoms with Gasteiger partial charge in [-0.1, -0.05) is 0 Å². The van der Waals surface area contributed by atoms with E-state index in [4.69, 9.17) is 16.3 Å². The van der Waals surface area contributed by atoms with E-state index in [1.165, 1.54) is 12.1 Å². The summed E-state index contributed by atoms with van der Waals surface area (Å²) in [6.45, 7) is 4.05. The molecule has 0 saturated carbocycles. The molecule has 0 aliphatic rings. The third-order valence-electron chi connectivity index (χ3n) is 2.20. The average molecular weight is 260 g/mol. The molecule has 0 heterocycles. The maximum Gasteiger partial charge on any atom is 0.235 e. The lowest BCUT2D eigenvalue weighted by molar-refractivity contribution is -0.119. The van der Waals surface area contributed by atoms with E-state index >= 15 is 0 Å². The van der Waals surface area contributed by atoms with Crippen LogP contribution in [-0.2, 0) is 4.79 Å². The van der Waals surface area contributed by atoms with Crippen molar-refractivity contribution in [3.8, 4) is 5.75 Å². The zero-order valence-corrected chi connectivity index (χ0v) is 10.6. The highest BCUT2D eigenvalue weighted by atomic mass is 35.5. The average Bonchev–Trinajstić information content (AvgIpc) is 2.28. The van der Waals surface area contributed by atoms with Gasteiger partial charge in [0.25, 0.3) is 0 Å². The van der Waals surface area contributed by atoms with Gasteiger partial charge >= 0.3 is 0 Å². The van der Waals surface area contributed by atoms with Crippen LogP contribution in [0.15, 0.2) is 18.2 Å². The number of carbonyl (C=O) groups excluding carboxylic acids is 1. The summed E-state index contributed by atoms with van der Waals surface area (Å²) < 4.78 is 18.5. The Kier molecular flexibility index (Phi) is 5.22. The van der Waals surface area contributed by atoms with Crippen LogP contribution < -0.4 is 10.1 Å². The van der Waals surface area contributed by atoms with Gasteiger partial charge < -0.3 is 10.1 Å². The first-order chi connectivity index (χ1) is 8.06. The summed E-state index contributed by atoms with van der Waals surface area (Å²) in [5.41, 5.74) is 0.645. The number of amides is 1. The lowest BCUT2D eigenvalue weighted by atomic mass is 10.1. The Bertz CT molecular complexity index is 398. The molecule has 1 aromatic carbocycles. The SMILES string of the molecule is CCOc1cc(F)cc(C(C)NC(=O)CCl)c1. The van der Waals surface area contributed by atoms with Crippen LogP contribution in [-0.4, -0.2) is 18.4 Å². The van der Waals surface area contributed by atoms with Crippen molar-refractivity contribution in [2.24, 2.45) is 0 Å². The first kappa shape index (κ1) is 13.8. The van der Waals surface area contributed by atoms with Gasteiger partial charge in [-0.2, -0.15) is 0 Å². The maximum absolute atomic E-state index is 13.3. The van der Waals surface area contributed by atoms with Crippen LogP contribution in [0.1, 0.15) is 25.5 Å². The quantitative estimate of drug-likeness (QED) is 0.826. The van der Waals surface area contributed by atoms with Crippen molar-refractivity contribution in [2.75, 3.05) is 12.5 Å². The topological polar surface area (TPSA) is 38.3 Å². The summed E-state index contributed by atoms with van der Waals surface area (Å²) >= 11 is 5.38. The van der Waals surface area contributed by atoms with Gasteiger partial charge in [-0.25, -0.2) is 4.39 Å². The van der Waals surface area contributed by atoms with Gasteiger partial charge in [0.05, 0.1) is 12.6 Å². The fourth-order valence-electron chi connectivity index (χ4n) is 1.45. The Hall–Kier alpha value is -1.29. The number of hydrogen-bond acceptors (Lipinski definition) is 2. The van der Waals surface area contributed by atoms with Crippen molar-refractivity contribution >= 4 is 17.5 Å². The number of nitrogens with one attached hydrogen (secondary N) is 1. The lowest BCUT2D eigenvalue weighted by Gasteiger charge is -2.15. The summed E-state index contributed by atoms with van der Waals surface area (Å²) in [6.07, 6.45) is 0. The van der Waals surface area contributed by atoms with E-state index in [0.29, 0.717) is 17.9 Å². The van der Waals surface area contributed by atoms with E-state index in [-0.39, 0.29) is 17.8 Å². The van der Waals surface area contributed by atoms with E-state index in [1.807, 2.05) is 6.92 Å². The van der Waals surface area contributed by atoms with Crippen molar-refractivity contribution in [1.29, 1.82) is 0 Å². The van der Waals surface area contributed by atoms with Crippen LogP contribution >= 0.6 is 11.6 Å². The molecule has 0 aliphatic carbocycles. The Labute approximate surface area is 105 Å². The Morgan fingerprint density at radius 3 is 2.82 bits per heavy atom. The summed E-state index contributed by atoms with van der Waals surface area (Å²) in [5, 5.41) is 2.65. The van der Waals surface area contributed by atoms with E-state index in [0.717, 1.165) is 0 Å². The van der Waals surface area contributed by atoms with E-state index in [1.54, 1.807) is 13.0 Å². The van der Waals surface area contributed by atoms with Crippen molar-refractivity contribution < 1.29 is 13.9 Å². The van der Waals surface area contributed by atoms with Crippen LogP contribution in [0, 0.1) is 5.82 Å². The lowest BCUT2D eigenvalue weighted by Crippen LogP contribution is -2.27. The highest BCUT2D eigenvalue weighted by Crippen LogP contribution is 2.21. The Morgan fingerprint density at radius 2 is 2.24 bits per heavy atom. The van der Waals surface area contributed by atoms with Crippen LogP contribution in [0.3, 0.4) is 0 Å². The minimum atomic E-state index is -0.391. The third-order valence-corrected chi connectivity index (χ3v) is 2.45. The van der Waals surface area contributed by atoms with Gasteiger partial charge in [-0.05, 0) is 31.5 Å². The van der Waals surface area contributed by atoms with Crippen LogP contribution in [0.2, 0.25) is 0 Å². The van der Waals surface area contributed by atoms with Crippen LogP contribution in [0.4, 0.5) is 4.39 Å². The smallest absolute Gasteiger partial charge is 0.235 e. The summed E-state index contributed by atoms with van der Waals surface area (Å²) in [7, 11) is 0. The maximum atomic E-state index is 13.3. The van der Waals surface area contributed by atoms with Crippen molar-refractivity contribution in [2.45, 2.75) is 19.9 Å². The van der Waals surface area contributed by atoms with Crippen molar-refractivity contribution in [3.05, 3.63) is 29.6 Å². The molecule has 1 unspecified atom stereocenters. The standard InChI is InChI=1S/C12H15ClFNO2/c1-3-17-11-5-9(4-10(14)6-11)8(2)15-12(16)7-13/h4-6,8H,3,7H2,1-2H3,(H,15,16). The second-order valence-corrected chi connectivity index (χ2v) is 3.84. The molecule has 1 atom stereocenters. The molecule has 1 rings (SSSR count). The van der Waals surface area contributed by atoms with Gasteiger partial charge in [0.1, 0.15) is 17.4 Å². The molecule has 0 aromatic heterocycles. The first-order valence-corrected chi connectivity index (χ1v) is 5.89. The van der Waals surface area contributed by atoms with Crippen molar-refractivity contribution in [3.63, 3.8) is 0 Å². The molecule has 1 N–H and O–H groups in total. The molecule has 0 saturated heterocycles. The minimum Gasteiger partial charge on any atom is -0.494 e. The number of alkyl halides is 1. The molecule has 0 bridgehead atoms. The molecule has 0 aliphatic heterocycles. The zero-order chi connectivity index (χ0) is 12.8. The Morgan fingerprint density at radius 1 is 1.53 bits per heavy atom. The summed E-state index contributed by atoms with van der Waals surface area (Å²) in [5.74, 6) is -0.341. The zero-order valence-electron chi connectivity index (χ0n) is 9.80. The molecular weight excluding hydrogens is 245 g/mol. The predicted molar refractivity (Wildman–Crippen MR) is 64.8 cm³/mol. The molecule has 94 valence electrons. The second-order valence-electron chi connectivity index (χ2n) is 3.58. The fraction of sp³-hybridized carbons (Fsp3) is 0.417. The molecule has 0 fully saturated rings. The monoisotopic (exact) mass is 259 g/mol. The van der Waals surface area contributed by atoms with Crippen molar-refractivity contribution in [1.82, 2.24) is 5.32 Å². The minimum absolute atomic E-state index is 0.113. The summed E-state index contributed by atoms with van der Waals surface area (Å²) in [6, 6.07) is 4.06. The third kappa shape index (κ3) is 4.23. The highest BCUT2D eigenvalue weighted by molar-refractivity contribution is 6.27. The fourth-order valence-corrected chi connectivity index (χ4v) is 1.52. The van der Waals surface area contributed by atoms with E-state index < -0.39 is 5.82 Å². The number of halogens is 2. The number of hydrogen-bond donors (Lipinski definition) is 1. The van der Waals surface area contributed by atoms with E-state index in [9.17, 15) is 9.18 Å². The second kappa shape index (κ2) is 6.45. The molecule has 1 aromatic rings. The molecule has 17 heavy (non-hydrogen) atoms. The van der Waals surface area contributed by atoms with Gasteiger partial charge in [-0.15, -0.1) is 11.6 Å². The molecule has 1 amide bonds. The summed E-state index contributed by atoms with van der Waals surface area (Å²) in [4.78, 5) is 11.1. The number of rotatable bonds is 5. The number of benzene rings is 1. The normalized spacial score (nSPS) is 12.0. The predicted octanol–water partition coefficient (Wildman–Crippen LogP) is 2.64. The molecule has 0 radical (unpaired) electrons. The van der Waals surface area contributed by atoms with Crippen LogP contribution in [0.5, 0.6) is 5.75 Å². The largest absolute Gasteiger partial charge is 0.494 e. The molecule has 3 nitrogen and oxygen atoms in total. The number of ether oxygens (including phenoxy) is 1. The van der Waals surface area contributed by atoms with Gasteiger partial charge in [-0.3, -0.25) is 4.79 Å². The number of carbonyl (C=O) groups is 1. The van der Waals surface area contributed by atoms with Gasteiger partial charge in [0.15, 0.2) is 0 Å². The van der Waals surface area contributed by atoms with Crippen LogP contribution in [0.25, 0.3) is 0 Å².